The number of nitrogens with one attached hydrogen (secondary N) is 1. The molecule has 0 aliphatic carbocycles. The molecule has 0 bridgehead atoms. The molecule has 0 aromatic carbocycles. The summed E-state index contributed by atoms with van der Waals surface area (Å²) in [6.45, 7) is 3.89. The highest BCUT2D eigenvalue weighted by atomic mass is 35.5. The van der Waals surface area contributed by atoms with Gasteiger partial charge in [-0.2, -0.15) is 0 Å². The third kappa shape index (κ3) is 3.59. The number of carboxylic acid groups (broad SMARTS) is 1. The van der Waals surface area contributed by atoms with Crippen LogP contribution in [-0.2, 0) is 0 Å². The Kier molecular flexibility index (Phi) is 4.59. The number of nitrogens with zero attached hydrogens (tertiary/aromatic N) is 1. The lowest BCUT2D eigenvalue weighted by Gasteiger charge is -2.09. The number of pyridine rings is 1. The maximum absolute atomic E-state index is 12.2. The molecule has 0 unspecified atom stereocenters. The van der Waals surface area contributed by atoms with Crippen molar-refractivity contribution >= 4 is 39.8 Å². The molecule has 21 heavy (non-hydrogen) atoms. The number of rotatable bonds is 4. The minimum Gasteiger partial charge on any atom is -0.478 e. The fourth-order valence-corrected chi connectivity index (χ4v) is 2.68. The highest BCUT2D eigenvalue weighted by Gasteiger charge is 2.16. The van der Waals surface area contributed by atoms with Crippen LogP contribution in [0.15, 0.2) is 23.6 Å². The summed E-state index contributed by atoms with van der Waals surface area (Å²) in [7, 11) is 0. The summed E-state index contributed by atoms with van der Waals surface area (Å²) < 4.78 is 0. The monoisotopic (exact) mass is 324 g/mol. The second-order valence-electron chi connectivity index (χ2n) is 4.68. The van der Waals surface area contributed by atoms with E-state index in [2.05, 4.69) is 10.3 Å². The van der Waals surface area contributed by atoms with E-state index in [4.69, 9.17) is 16.7 Å². The lowest BCUT2D eigenvalue weighted by Crippen LogP contribution is -2.14. The van der Waals surface area contributed by atoms with E-state index in [-0.39, 0.29) is 16.6 Å². The van der Waals surface area contributed by atoms with Gasteiger partial charge in [-0.3, -0.25) is 4.79 Å². The number of carboxylic acids is 1. The predicted octanol–water partition coefficient (Wildman–Crippen LogP) is 3.87. The van der Waals surface area contributed by atoms with Crippen LogP contribution in [0.2, 0.25) is 5.15 Å². The number of aromatic carboxylic acids is 1. The van der Waals surface area contributed by atoms with Crippen LogP contribution in [0.5, 0.6) is 0 Å². The summed E-state index contributed by atoms with van der Waals surface area (Å²) in [4.78, 5) is 27.4. The van der Waals surface area contributed by atoms with Gasteiger partial charge < -0.3 is 10.4 Å². The number of aromatic nitrogens is 1. The summed E-state index contributed by atoms with van der Waals surface area (Å²) in [6, 6.07) is 4.55. The number of anilines is 1. The van der Waals surface area contributed by atoms with Crippen molar-refractivity contribution in [3.05, 3.63) is 45.6 Å². The Morgan fingerprint density at radius 3 is 2.71 bits per heavy atom. The average molecular weight is 325 g/mol. The number of amides is 1. The van der Waals surface area contributed by atoms with E-state index < -0.39 is 11.9 Å². The first-order valence-corrected chi connectivity index (χ1v) is 7.44. The zero-order valence-electron chi connectivity index (χ0n) is 11.4. The average Bonchev–Trinajstić information content (AvgIpc) is 2.86. The number of halogens is 1. The molecule has 2 rings (SSSR count). The van der Waals surface area contributed by atoms with Gasteiger partial charge in [-0.05, 0) is 29.5 Å². The van der Waals surface area contributed by atoms with Crippen LogP contribution in [0, 0.1) is 0 Å². The van der Waals surface area contributed by atoms with Crippen LogP contribution in [0.1, 0.15) is 46.2 Å². The molecular weight excluding hydrogens is 312 g/mol. The molecule has 2 aromatic heterocycles. The van der Waals surface area contributed by atoms with Crippen LogP contribution in [0.3, 0.4) is 0 Å². The van der Waals surface area contributed by atoms with Crippen molar-refractivity contribution < 1.29 is 14.7 Å². The zero-order chi connectivity index (χ0) is 15.6. The van der Waals surface area contributed by atoms with E-state index >= 15 is 0 Å². The minimum absolute atomic E-state index is 0.0672. The van der Waals surface area contributed by atoms with Gasteiger partial charge >= 0.3 is 5.97 Å². The van der Waals surface area contributed by atoms with Crippen molar-refractivity contribution in [2.45, 2.75) is 19.8 Å². The summed E-state index contributed by atoms with van der Waals surface area (Å²) in [5, 5.41) is 13.8. The smallest absolute Gasteiger partial charge is 0.338 e. The van der Waals surface area contributed by atoms with Gasteiger partial charge in [-0.1, -0.05) is 25.4 Å². The number of carbonyl (C=O) groups is 2. The maximum Gasteiger partial charge on any atom is 0.338 e. The van der Waals surface area contributed by atoms with Crippen LogP contribution >= 0.6 is 22.9 Å². The molecule has 5 nitrogen and oxygen atoms in total. The van der Waals surface area contributed by atoms with Gasteiger partial charge in [0.05, 0.1) is 5.56 Å². The summed E-state index contributed by atoms with van der Waals surface area (Å²) in [5.41, 5.74) is 1.12. The molecular formula is C14H13ClN2O3S. The van der Waals surface area contributed by atoms with E-state index in [1.54, 1.807) is 11.4 Å². The summed E-state index contributed by atoms with van der Waals surface area (Å²) in [5.74, 6) is -1.36. The highest BCUT2D eigenvalue weighted by Crippen LogP contribution is 2.25. The normalized spacial score (nSPS) is 10.7. The molecule has 2 N–H and O–H groups in total. The van der Waals surface area contributed by atoms with Crippen molar-refractivity contribution in [1.29, 1.82) is 0 Å². The van der Waals surface area contributed by atoms with Gasteiger partial charge in [0.1, 0.15) is 10.2 Å². The largest absolute Gasteiger partial charge is 0.478 e. The second kappa shape index (κ2) is 6.24. The summed E-state index contributed by atoms with van der Waals surface area (Å²) >= 11 is 7.07. The van der Waals surface area contributed by atoms with E-state index in [1.165, 1.54) is 12.1 Å². The minimum atomic E-state index is -1.08. The van der Waals surface area contributed by atoms with Crippen molar-refractivity contribution in [3.8, 4) is 0 Å². The Morgan fingerprint density at radius 1 is 1.38 bits per heavy atom. The van der Waals surface area contributed by atoms with Crippen molar-refractivity contribution in [3.63, 3.8) is 0 Å². The van der Waals surface area contributed by atoms with Gasteiger partial charge in [0.2, 0.25) is 0 Å². The van der Waals surface area contributed by atoms with Gasteiger partial charge in [0.25, 0.3) is 5.91 Å². The number of carbonyl (C=O) groups excluding carboxylic acids is 1. The van der Waals surface area contributed by atoms with E-state index in [1.807, 2.05) is 13.8 Å². The number of hydrogen-bond acceptors (Lipinski definition) is 4. The Bertz CT molecular complexity index is 697. The number of thiophene rings is 1. The lowest BCUT2D eigenvalue weighted by atomic mass is 10.1. The van der Waals surface area contributed by atoms with Gasteiger partial charge in [-0.25, -0.2) is 9.78 Å². The van der Waals surface area contributed by atoms with Crippen LogP contribution in [0.4, 0.5) is 5.00 Å². The quantitative estimate of drug-likeness (QED) is 0.837. The Labute approximate surface area is 130 Å². The Morgan fingerprint density at radius 2 is 2.10 bits per heavy atom. The van der Waals surface area contributed by atoms with Gasteiger partial charge in [0, 0.05) is 11.3 Å². The van der Waals surface area contributed by atoms with E-state index in [9.17, 15) is 9.59 Å². The van der Waals surface area contributed by atoms with Crippen molar-refractivity contribution in [2.75, 3.05) is 5.32 Å². The molecule has 0 aliphatic heterocycles. The molecule has 0 aliphatic rings. The third-order valence-electron chi connectivity index (χ3n) is 2.79. The molecule has 0 radical (unpaired) electrons. The molecule has 2 aromatic rings. The topological polar surface area (TPSA) is 79.3 Å². The number of hydrogen-bond donors (Lipinski definition) is 2. The first-order chi connectivity index (χ1) is 9.88. The molecule has 0 atom stereocenters. The SMILES string of the molecule is CC(C)c1cc(C(=O)Nc2sccc2C(=O)O)cc(Cl)n1. The molecule has 0 saturated carbocycles. The van der Waals surface area contributed by atoms with Crippen molar-refractivity contribution in [1.82, 2.24) is 4.98 Å². The maximum atomic E-state index is 12.2. The molecule has 0 spiro atoms. The van der Waals surface area contributed by atoms with Crippen LogP contribution < -0.4 is 5.32 Å². The van der Waals surface area contributed by atoms with Gasteiger partial charge in [-0.15, -0.1) is 11.3 Å². The Balaban J connectivity index is 2.28. The fourth-order valence-electron chi connectivity index (χ4n) is 1.69. The molecule has 0 fully saturated rings. The first kappa shape index (κ1) is 15.5. The fraction of sp³-hybridized carbons (Fsp3) is 0.214. The zero-order valence-corrected chi connectivity index (χ0v) is 13.0. The van der Waals surface area contributed by atoms with Crippen LogP contribution in [0.25, 0.3) is 0 Å². The molecule has 0 saturated heterocycles. The van der Waals surface area contributed by atoms with Crippen LogP contribution in [-0.4, -0.2) is 22.0 Å². The molecule has 110 valence electrons. The van der Waals surface area contributed by atoms with Crippen molar-refractivity contribution in [2.24, 2.45) is 0 Å². The van der Waals surface area contributed by atoms with E-state index in [0.717, 1.165) is 11.3 Å². The molecule has 2 heterocycles. The summed E-state index contributed by atoms with van der Waals surface area (Å²) in [6.07, 6.45) is 0. The van der Waals surface area contributed by atoms with E-state index in [0.29, 0.717) is 16.3 Å². The second-order valence-corrected chi connectivity index (χ2v) is 5.98. The standard InChI is InChI=1S/C14H13ClN2O3S/c1-7(2)10-5-8(6-11(15)16-10)12(18)17-13-9(14(19)20)3-4-21-13/h3-7H,1-2H3,(H,17,18)(H,19,20). The Hall–Kier alpha value is -1.92. The highest BCUT2D eigenvalue weighted by molar-refractivity contribution is 7.14. The molecule has 7 heteroatoms. The first-order valence-electron chi connectivity index (χ1n) is 6.18. The van der Waals surface area contributed by atoms with Gasteiger partial charge in [0.15, 0.2) is 0 Å². The lowest BCUT2D eigenvalue weighted by molar-refractivity contribution is 0.0698. The molecule has 1 amide bonds. The third-order valence-corrected chi connectivity index (χ3v) is 3.81. The predicted molar refractivity (Wildman–Crippen MR) is 82.6 cm³/mol.